The molecule has 1 unspecified atom stereocenters. The van der Waals surface area contributed by atoms with Crippen LogP contribution in [0.3, 0.4) is 0 Å². The highest BCUT2D eigenvalue weighted by molar-refractivity contribution is 5.85. The molecule has 0 radical (unpaired) electrons. The first-order valence-electron chi connectivity index (χ1n) is 3.48. The van der Waals surface area contributed by atoms with E-state index in [1.54, 1.807) is 0 Å². The molecule has 1 saturated heterocycles. The van der Waals surface area contributed by atoms with Gasteiger partial charge in [-0.2, -0.15) is 0 Å². The summed E-state index contributed by atoms with van der Waals surface area (Å²) >= 11 is 0. The van der Waals surface area contributed by atoms with E-state index < -0.39 is 0 Å². The molecule has 4 nitrogen and oxygen atoms in total. The van der Waals surface area contributed by atoms with Gasteiger partial charge in [-0.05, 0) is 6.08 Å². The standard InChI is InChI=1S/C7H11NO3/c1-2-7(9)8-11-4-3-6-5-10-6/h2,6H,1,3-5H2,(H,8,9). The first-order valence-corrected chi connectivity index (χ1v) is 3.48. The summed E-state index contributed by atoms with van der Waals surface area (Å²) in [7, 11) is 0. The quantitative estimate of drug-likeness (QED) is 0.265. The monoisotopic (exact) mass is 157 g/mol. The lowest BCUT2D eigenvalue weighted by atomic mass is 10.4. The van der Waals surface area contributed by atoms with Crippen molar-refractivity contribution in [1.29, 1.82) is 0 Å². The molecule has 1 heterocycles. The summed E-state index contributed by atoms with van der Waals surface area (Å²) in [6.07, 6.45) is 2.33. The van der Waals surface area contributed by atoms with Crippen molar-refractivity contribution in [2.45, 2.75) is 12.5 Å². The van der Waals surface area contributed by atoms with Gasteiger partial charge in [0.15, 0.2) is 0 Å². The molecular weight excluding hydrogens is 146 g/mol. The summed E-state index contributed by atoms with van der Waals surface area (Å²) in [6.45, 7) is 4.58. The first kappa shape index (κ1) is 8.23. The highest BCUT2D eigenvalue weighted by atomic mass is 16.7. The van der Waals surface area contributed by atoms with Crippen LogP contribution in [-0.4, -0.2) is 25.2 Å². The van der Waals surface area contributed by atoms with Crippen LogP contribution in [0, 0.1) is 0 Å². The average molecular weight is 157 g/mol. The Morgan fingerprint density at radius 2 is 2.64 bits per heavy atom. The van der Waals surface area contributed by atoms with Gasteiger partial charge in [0.25, 0.3) is 5.91 Å². The fraction of sp³-hybridized carbons (Fsp3) is 0.571. The van der Waals surface area contributed by atoms with E-state index in [2.05, 4.69) is 12.1 Å². The van der Waals surface area contributed by atoms with Gasteiger partial charge in [-0.15, -0.1) is 0 Å². The Morgan fingerprint density at radius 3 is 3.18 bits per heavy atom. The lowest BCUT2D eigenvalue weighted by Crippen LogP contribution is -2.22. The zero-order chi connectivity index (χ0) is 8.10. The Morgan fingerprint density at radius 1 is 1.91 bits per heavy atom. The number of epoxide rings is 1. The molecule has 0 aromatic carbocycles. The molecule has 1 aliphatic rings. The molecule has 0 saturated carbocycles. The lowest BCUT2D eigenvalue weighted by Gasteiger charge is -2.00. The average Bonchev–Trinajstić information content (AvgIpc) is 2.81. The summed E-state index contributed by atoms with van der Waals surface area (Å²) < 4.78 is 4.93. The molecule has 62 valence electrons. The maximum absolute atomic E-state index is 10.5. The van der Waals surface area contributed by atoms with Crippen LogP contribution in [0.25, 0.3) is 0 Å². The van der Waals surface area contributed by atoms with Gasteiger partial charge in [0.05, 0.1) is 19.3 Å². The molecule has 0 spiro atoms. The van der Waals surface area contributed by atoms with Crippen molar-refractivity contribution >= 4 is 5.91 Å². The third-order valence-corrected chi connectivity index (χ3v) is 1.30. The molecule has 1 atom stereocenters. The zero-order valence-electron chi connectivity index (χ0n) is 6.21. The van der Waals surface area contributed by atoms with Crippen LogP contribution in [0.4, 0.5) is 0 Å². The number of hydroxylamine groups is 1. The molecule has 11 heavy (non-hydrogen) atoms. The minimum absolute atomic E-state index is 0.318. The summed E-state index contributed by atoms with van der Waals surface area (Å²) in [5, 5.41) is 0. The second-order valence-corrected chi connectivity index (χ2v) is 2.26. The number of carbonyl (C=O) groups is 1. The van der Waals surface area contributed by atoms with Gasteiger partial charge >= 0.3 is 0 Å². The van der Waals surface area contributed by atoms with E-state index in [0.717, 1.165) is 19.1 Å². The fourth-order valence-corrected chi connectivity index (χ4v) is 0.589. The van der Waals surface area contributed by atoms with Gasteiger partial charge < -0.3 is 4.74 Å². The molecule has 1 amide bonds. The van der Waals surface area contributed by atoms with Crippen LogP contribution in [0.1, 0.15) is 6.42 Å². The van der Waals surface area contributed by atoms with Crippen molar-refractivity contribution in [3.05, 3.63) is 12.7 Å². The Bertz CT molecular complexity index is 154. The highest BCUT2D eigenvalue weighted by Gasteiger charge is 2.21. The van der Waals surface area contributed by atoms with E-state index in [9.17, 15) is 4.79 Å². The number of nitrogens with one attached hydrogen (secondary N) is 1. The Hall–Kier alpha value is -0.870. The van der Waals surface area contributed by atoms with Crippen LogP contribution in [0.2, 0.25) is 0 Å². The van der Waals surface area contributed by atoms with E-state index in [4.69, 9.17) is 9.57 Å². The third-order valence-electron chi connectivity index (χ3n) is 1.30. The Labute approximate surface area is 65.1 Å². The molecular formula is C7H11NO3. The van der Waals surface area contributed by atoms with Gasteiger partial charge in [0, 0.05) is 6.42 Å². The molecule has 1 aliphatic heterocycles. The first-order chi connectivity index (χ1) is 5.33. The van der Waals surface area contributed by atoms with Crippen molar-refractivity contribution in [3.8, 4) is 0 Å². The molecule has 1 N–H and O–H groups in total. The predicted octanol–water partition coefficient (Wildman–Crippen LogP) is 0.00910. The summed E-state index contributed by atoms with van der Waals surface area (Å²) in [5.41, 5.74) is 2.20. The van der Waals surface area contributed by atoms with Gasteiger partial charge in [-0.1, -0.05) is 6.58 Å². The van der Waals surface area contributed by atoms with Crippen LogP contribution < -0.4 is 5.48 Å². The number of hydrogen-bond donors (Lipinski definition) is 1. The molecule has 0 bridgehead atoms. The van der Waals surface area contributed by atoms with Crippen molar-refractivity contribution in [2.24, 2.45) is 0 Å². The Balaban J connectivity index is 1.86. The third kappa shape index (κ3) is 3.75. The van der Waals surface area contributed by atoms with Gasteiger partial charge in [-0.25, -0.2) is 5.48 Å². The summed E-state index contributed by atoms with van der Waals surface area (Å²) in [6, 6.07) is 0. The van der Waals surface area contributed by atoms with Crippen LogP contribution >= 0.6 is 0 Å². The topological polar surface area (TPSA) is 50.9 Å². The van der Waals surface area contributed by atoms with Crippen molar-refractivity contribution in [1.82, 2.24) is 5.48 Å². The lowest BCUT2D eigenvalue weighted by molar-refractivity contribution is -0.128. The van der Waals surface area contributed by atoms with Crippen molar-refractivity contribution < 1.29 is 14.4 Å². The number of amides is 1. The zero-order valence-corrected chi connectivity index (χ0v) is 6.21. The molecule has 0 aliphatic carbocycles. The number of carbonyl (C=O) groups excluding carboxylic acids is 1. The molecule has 0 aromatic rings. The van der Waals surface area contributed by atoms with Crippen molar-refractivity contribution in [3.63, 3.8) is 0 Å². The molecule has 4 heteroatoms. The van der Waals surface area contributed by atoms with E-state index in [-0.39, 0.29) is 5.91 Å². The van der Waals surface area contributed by atoms with Crippen LogP contribution in [-0.2, 0) is 14.4 Å². The SMILES string of the molecule is C=CC(=O)NOCCC1CO1. The normalized spacial score (nSPS) is 20.9. The predicted molar refractivity (Wildman–Crippen MR) is 38.6 cm³/mol. The maximum Gasteiger partial charge on any atom is 0.266 e. The highest BCUT2D eigenvalue weighted by Crippen LogP contribution is 2.12. The largest absolute Gasteiger partial charge is 0.373 e. The van der Waals surface area contributed by atoms with E-state index in [1.807, 2.05) is 0 Å². The van der Waals surface area contributed by atoms with Gasteiger partial charge in [0.1, 0.15) is 0 Å². The second kappa shape index (κ2) is 4.10. The molecule has 1 rings (SSSR count). The molecule has 1 fully saturated rings. The van der Waals surface area contributed by atoms with E-state index in [1.165, 1.54) is 0 Å². The number of hydrogen-bond acceptors (Lipinski definition) is 3. The van der Waals surface area contributed by atoms with Crippen LogP contribution in [0.5, 0.6) is 0 Å². The minimum atomic E-state index is -0.318. The maximum atomic E-state index is 10.5. The molecule has 0 aromatic heterocycles. The fourth-order valence-electron chi connectivity index (χ4n) is 0.589. The van der Waals surface area contributed by atoms with E-state index in [0.29, 0.717) is 12.7 Å². The minimum Gasteiger partial charge on any atom is -0.373 e. The second-order valence-electron chi connectivity index (χ2n) is 2.26. The summed E-state index contributed by atoms with van der Waals surface area (Å²) in [5.74, 6) is -0.318. The smallest absolute Gasteiger partial charge is 0.266 e. The van der Waals surface area contributed by atoms with Gasteiger partial charge in [0.2, 0.25) is 0 Å². The van der Waals surface area contributed by atoms with Crippen LogP contribution in [0.15, 0.2) is 12.7 Å². The number of rotatable bonds is 5. The Kier molecular flexibility index (Phi) is 3.07. The van der Waals surface area contributed by atoms with Gasteiger partial charge in [-0.3, -0.25) is 9.63 Å². The summed E-state index contributed by atoms with van der Waals surface area (Å²) in [4.78, 5) is 15.3. The van der Waals surface area contributed by atoms with E-state index >= 15 is 0 Å². The van der Waals surface area contributed by atoms with Crippen molar-refractivity contribution in [2.75, 3.05) is 13.2 Å². The number of ether oxygens (including phenoxy) is 1.